The Morgan fingerprint density at radius 3 is 2.41 bits per heavy atom. The van der Waals surface area contributed by atoms with Crippen LogP contribution < -0.4 is 0 Å². The zero-order valence-corrected chi connectivity index (χ0v) is 14.4. The Balaban J connectivity index is 1.80. The summed E-state index contributed by atoms with van der Waals surface area (Å²) >= 11 is 0. The van der Waals surface area contributed by atoms with Crippen LogP contribution in [0.4, 0.5) is 0 Å². The number of phenols is 2. The molecule has 2 aromatic carbocycles. The topological polar surface area (TPSA) is 108 Å². The van der Waals surface area contributed by atoms with E-state index in [2.05, 4.69) is 0 Å². The number of hydrogen-bond acceptors (Lipinski definition) is 5. The lowest BCUT2D eigenvalue weighted by Crippen LogP contribution is -2.02. The number of phenolic OH excluding ortho intramolecular Hbond substituents is 2. The molecular weight excluding hydrogens is 348 g/mol. The lowest BCUT2D eigenvalue weighted by atomic mass is 10.0. The van der Waals surface area contributed by atoms with Gasteiger partial charge in [-0.2, -0.15) is 0 Å². The molecule has 3 aromatic rings. The molecule has 0 bridgehead atoms. The number of hydrogen-bond donors (Lipinski definition) is 3. The third kappa shape index (κ3) is 4.36. The average Bonchev–Trinajstić information content (AvgIpc) is 3.07. The molecule has 3 N–H and O–H groups in total. The normalized spacial score (nSPS) is 10.7. The highest BCUT2D eigenvalue weighted by molar-refractivity contribution is 5.96. The summed E-state index contributed by atoms with van der Waals surface area (Å²) in [7, 11) is 0. The maximum absolute atomic E-state index is 12.2. The Morgan fingerprint density at radius 2 is 1.70 bits per heavy atom. The van der Waals surface area contributed by atoms with E-state index >= 15 is 0 Å². The van der Waals surface area contributed by atoms with Crippen LogP contribution in [0.5, 0.6) is 11.5 Å². The molecule has 3 rings (SSSR count). The van der Waals surface area contributed by atoms with Gasteiger partial charge in [0.1, 0.15) is 23.0 Å². The molecule has 0 unspecified atom stereocenters. The van der Waals surface area contributed by atoms with E-state index < -0.39 is 5.97 Å². The van der Waals surface area contributed by atoms with Gasteiger partial charge in [-0.15, -0.1) is 0 Å². The average molecular weight is 366 g/mol. The maximum atomic E-state index is 12.2. The van der Waals surface area contributed by atoms with Crippen LogP contribution >= 0.6 is 0 Å². The Kier molecular flexibility index (Phi) is 5.26. The van der Waals surface area contributed by atoms with E-state index in [0.717, 1.165) is 6.07 Å². The van der Waals surface area contributed by atoms with Gasteiger partial charge in [0.2, 0.25) is 0 Å². The Labute approximate surface area is 155 Å². The summed E-state index contributed by atoms with van der Waals surface area (Å²) in [5.41, 5.74) is 1.08. The van der Waals surface area contributed by atoms with Crippen LogP contribution in [0.25, 0.3) is 11.3 Å². The quantitative estimate of drug-likeness (QED) is 0.549. The van der Waals surface area contributed by atoms with Gasteiger partial charge in [-0.25, -0.2) is 0 Å². The van der Waals surface area contributed by atoms with Crippen LogP contribution in [0.3, 0.4) is 0 Å². The smallest absolute Gasteiger partial charge is 0.307 e. The second-order valence-corrected chi connectivity index (χ2v) is 6.12. The van der Waals surface area contributed by atoms with E-state index in [4.69, 9.17) is 9.52 Å². The van der Waals surface area contributed by atoms with Gasteiger partial charge in [0.25, 0.3) is 0 Å². The first-order valence-electron chi connectivity index (χ1n) is 8.38. The Morgan fingerprint density at radius 1 is 0.963 bits per heavy atom. The molecule has 0 spiro atoms. The molecule has 0 saturated heterocycles. The summed E-state index contributed by atoms with van der Waals surface area (Å²) in [5, 5.41) is 28.8. The van der Waals surface area contributed by atoms with Crippen molar-refractivity contribution in [3.8, 4) is 22.8 Å². The molecule has 27 heavy (non-hydrogen) atoms. The SMILES string of the molecule is O=C(O)Cc1cc(O)cc(O)c1-c1ccc(CCC(=O)c2ccccc2)o1. The molecule has 0 radical (unpaired) electrons. The van der Waals surface area contributed by atoms with Gasteiger partial charge < -0.3 is 19.7 Å². The van der Waals surface area contributed by atoms with Crippen molar-refractivity contribution in [2.75, 3.05) is 0 Å². The molecule has 0 atom stereocenters. The number of furan rings is 1. The molecule has 6 heteroatoms. The number of carboxylic acids is 1. The van der Waals surface area contributed by atoms with Crippen LogP contribution in [0.1, 0.15) is 28.1 Å². The number of carbonyl (C=O) groups excluding carboxylic acids is 1. The van der Waals surface area contributed by atoms with Gasteiger partial charge in [0, 0.05) is 24.5 Å². The van der Waals surface area contributed by atoms with Crippen molar-refractivity contribution in [2.45, 2.75) is 19.3 Å². The van der Waals surface area contributed by atoms with E-state index in [0.29, 0.717) is 17.7 Å². The van der Waals surface area contributed by atoms with Crippen LogP contribution in [-0.2, 0) is 17.6 Å². The summed E-state index contributed by atoms with van der Waals surface area (Å²) in [4.78, 5) is 23.2. The molecule has 0 aliphatic carbocycles. The predicted molar refractivity (Wildman–Crippen MR) is 97.9 cm³/mol. The summed E-state index contributed by atoms with van der Waals surface area (Å²) in [6.45, 7) is 0. The summed E-state index contributed by atoms with van der Waals surface area (Å²) < 4.78 is 5.71. The van der Waals surface area contributed by atoms with Crippen molar-refractivity contribution in [3.05, 3.63) is 71.5 Å². The van der Waals surface area contributed by atoms with Gasteiger partial charge in [-0.05, 0) is 23.8 Å². The number of aliphatic carboxylic acids is 1. The van der Waals surface area contributed by atoms with Gasteiger partial charge in [0.15, 0.2) is 5.78 Å². The van der Waals surface area contributed by atoms with Gasteiger partial charge in [-0.1, -0.05) is 30.3 Å². The number of aromatic hydroxyl groups is 2. The standard InChI is InChI=1S/C21H18O6/c22-15-10-14(11-20(25)26)21(18(24)12-15)19-9-7-16(27-19)6-8-17(23)13-4-2-1-3-5-13/h1-5,7,9-10,12,22,24H,6,8,11H2,(H,25,26). The number of rotatable bonds is 7. The monoisotopic (exact) mass is 366 g/mol. The van der Waals surface area contributed by atoms with Gasteiger partial charge in [0.05, 0.1) is 12.0 Å². The van der Waals surface area contributed by atoms with Gasteiger partial charge >= 0.3 is 5.97 Å². The minimum atomic E-state index is -1.10. The van der Waals surface area contributed by atoms with Crippen LogP contribution in [-0.4, -0.2) is 27.1 Å². The van der Waals surface area contributed by atoms with E-state index in [1.54, 1.807) is 36.4 Å². The molecule has 0 aliphatic heterocycles. The first-order valence-corrected chi connectivity index (χ1v) is 8.38. The van der Waals surface area contributed by atoms with E-state index in [1.807, 2.05) is 6.07 Å². The highest BCUT2D eigenvalue weighted by Gasteiger charge is 2.18. The van der Waals surface area contributed by atoms with Crippen molar-refractivity contribution in [2.24, 2.45) is 0 Å². The second kappa shape index (κ2) is 7.78. The van der Waals surface area contributed by atoms with Crippen molar-refractivity contribution in [1.82, 2.24) is 0 Å². The molecule has 0 fully saturated rings. The molecule has 0 saturated carbocycles. The largest absolute Gasteiger partial charge is 0.508 e. The Bertz CT molecular complexity index is 972. The molecular formula is C21H18O6. The van der Waals surface area contributed by atoms with Crippen LogP contribution in [0.2, 0.25) is 0 Å². The highest BCUT2D eigenvalue weighted by Crippen LogP contribution is 2.37. The zero-order valence-electron chi connectivity index (χ0n) is 14.4. The number of aryl methyl sites for hydroxylation is 1. The fraction of sp³-hybridized carbons (Fsp3) is 0.143. The zero-order chi connectivity index (χ0) is 19.4. The van der Waals surface area contributed by atoms with Crippen molar-refractivity contribution < 1.29 is 29.3 Å². The predicted octanol–water partition coefficient (Wildman–Crippen LogP) is 3.80. The molecule has 0 amide bonds. The highest BCUT2D eigenvalue weighted by atomic mass is 16.4. The second-order valence-electron chi connectivity index (χ2n) is 6.12. The number of ketones is 1. The van der Waals surface area contributed by atoms with Crippen LogP contribution in [0, 0.1) is 0 Å². The van der Waals surface area contributed by atoms with Gasteiger partial charge in [-0.3, -0.25) is 9.59 Å². The molecule has 1 heterocycles. The first-order chi connectivity index (χ1) is 12.9. The summed E-state index contributed by atoms with van der Waals surface area (Å²) in [6, 6.07) is 14.7. The van der Waals surface area contributed by atoms with E-state index in [-0.39, 0.29) is 47.0 Å². The summed E-state index contributed by atoms with van der Waals surface area (Å²) in [6.07, 6.45) is 0.265. The molecule has 0 aliphatic rings. The minimum Gasteiger partial charge on any atom is -0.508 e. The van der Waals surface area contributed by atoms with Crippen molar-refractivity contribution >= 4 is 11.8 Å². The lowest BCUT2D eigenvalue weighted by Gasteiger charge is -2.09. The maximum Gasteiger partial charge on any atom is 0.307 e. The lowest BCUT2D eigenvalue weighted by molar-refractivity contribution is -0.136. The van der Waals surface area contributed by atoms with E-state index in [9.17, 15) is 19.8 Å². The third-order valence-corrected chi connectivity index (χ3v) is 4.13. The molecule has 138 valence electrons. The van der Waals surface area contributed by atoms with Crippen molar-refractivity contribution in [1.29, 1.82) is 0 Å². The summed E-state index contributed by atoms with van der Waals surface area (Å²) in [5.74, 6) is -0.775. The third-order valence-electron chi connectivity index (χ3n) is 4.13. The number of carbonyl (C=O) groups is 2. The number of Topliss-reactive ketones (excluding diaryl/α,β-unsaturated/α-hetero) is 1. The fourth-order valence-electron chi connectivity index (χ4n) is 2.91. The van der Waals surface area contributed by atoms with Crippen molar-refractivity contribution in [3.63, 3.8) is 0 Å². The molecule has 6 nitrogen and oxygen atoms in total. The fourth-order valence-corrected chi connectivity index (χ4v) is 2.91. The van der Waals surface area contributed by atoms with Crippen LogP contribution in [0.15, 0.2) is 59.0 Å². The van der Waals surface area contributed by atoms with E-state index in [1.165, 1.54) is 6.07 Å². The molecule has 1 aromatic heterocycles. The Hall–Kier alpha value is -3.54. The minimum absolute atomic E-state index is 0.00685. The number of carboxylic acid groups (broad SMARTS) is 1. The first kappa shape index (κ1) is 18.3. The number of benzene rings is 2.